The molecule has 0 radical (unpaired) electrons. The lowest BCUT2D eigenvalue weighted by molar-refractivity contribution is 0.0941. The van der Waals surface area contributed by atoms with E-state index in [2.05, 4.69) is 21.8 Å². The van der Waals surface area contributed by atoms with Crippen LogP contribution in [0.15, 0.2) is 71.3 Å². The fourth-order valence-corrected chi connectivity index (χ4v) is 4.02. The predicted molar refractivity (Wildman–Crippen MR) is 116 cm³/mol. The van der Waals surface area contributed by atoms with Crippen LogP contribution in [0.2, 0.25) is 0 Å². The number of imidazole rings is 1. The molecule has 3 heterocycles. The molecule has 0 aliphatic heterocycles. The Hall–Kier alpha value is -3.87. The number of fused-ring (bicyclic) bond motifs is 2. The molecule has 0 aliphatic carbocycles. The standard InChI is InChI=1S/C24H21FN4O2/c1-2-28-19-9-4-3-8-18(19)27-23(28)14-26-24(30)21-13-22-20(10-11-31-22)29(21)15-16-6-5-7-17(25)12-16/h3-13H,2,14-15H2,1H3,(H,26,30). The van der Waals surface area contributed by atoms with Crippen molar-refractivity contribution in [3.8, 4) is 0 Å². The zero-order valence-electron chi connectivity index (χ0n) is 17.0. The number of rotatable bonds is 6. The summed E-state index contributed by atoms with van der Waals surface area (Å²) >= 11 is 0. The highest BCUT2D eigenvalue weighted by Crippen LogP contribution is 2.23. The summed E-state index contributed by atoms with van der Waals surface area (Å²) in [5, 5.41) is 2.98. The smallest absolute Gasteiger partial charge is 0.268 e. The van der Waals surface area contributed by atoms with Crippen LogP contribution in [0.1, 0.15) is 28.8 Å². The molecule has 0 bridgehead atoms. The summed E-state index contributed by atoms with van der Waals surface area (Å²) in [7, 11) is 0. The van der Waals surface area contributed by atoms with Crippen LogP contribution in [0.4, 0.5) is 4.39 Å². The van der Waals surface area contributed by atoms with Crippen molar-refractivity contribution in [1.29, 1.82) is 0 Å². The molecule has 0 unspecified atom stereocenters. The number of amides is 1. The van der Waals surface area contributed by atoms with Gasteiger partial charge in [-0.3, -0.25) is 4.79 Å². The van der Waals surface area contributed by atoms with E-state index in [1.54, 1.807) is 18.4 Å². The van der Waals surface area contributed by atoms with E-state index in [0.717, 1.165) is 34.5 Å². The highest BCUT2D eigenvalue weighted by Gasteiger charge is 2.19. The molecule has 7 heteroatoms. The van der Waals surface area contributed by atoms with Crippen LogP contribution in [-0.2, 0) is 19.6 Å². The molecule has 0 saturated carbocycles. The Morgan fingerprint density at radius 2 is 1.94 bits per heavy atom. The van der Waals surface area contributed by atoms with Crippen molar-refractivity contribution in [3.63, 3.8) is 0 Å². The van der Waals surface area contributed by atoms with Gasteiger partial charge in [0.15, 0.2) is 5.58 Å². The third kappa shape index (κ3) is 3.48. The molecular formula is C24H21FN4O2. The Balaban J connectivity index is 1.43. The molecule has 2 aromatic carbocycles. The van der Waals surface area contributed by atoms with E-state index < -0.39 is 0 Å². The molecule has 1 N–H and O–H groups in total. The second-order valence-electron chi connectivity index (χ2n) is 7.36. The quantitative estimate of drug-likeness (QED) is 0.436. The first-order chi connectivity index (χ1) is 15.1. The van der Waals surface area contributed by atoms with Crippen LogP contribution in [0.25, 0.3) is 22.1 Å². The van der Waals surface area contributed by atoms with Gasteiger partial charge in [0.25, 0.3) is 5.91 Å². The Morgan fingerprint density at radius 1 is 1.06 bits per heavy atom. The van der Waals surface area contributed by atoms with Crippen LogP contribution in [0.5, 0.6) is 0 Å². The van der Waals surface area contributed by atoms with E-state index in [1.807, 2.05) is 41.0 Å². The Kier molecular flexibility index (Phi) is 4.78. The third-order valence-electron chi connectivity index (χ3n) is 5.44. The zero-order valence-corrected chi connectivity index (χ0v) is 17.0. The summed E-state index contributed by atoms with van der Waals surface area (Å²) in [5.74, 6) is 0.249. The number of furan rings is 1. The summed E-state index contributed by atoms with van der Waals surface area (Å²) in [5.41, 5.74) is 4.57. The summed E-state index contributed by atoms with van der Waals surface area (Å²) in [6.07, 6.45) is 1.58. The lowest BCUT2D eigenvalue weighted by atomic mass is 10.2. The van der Waals surface area contributed by atoms with E-state index >= 15 is 0 Å². The number of benzene rings is 2. The van der Waals surface area contributed by atoms with E-state index in [1.165, 1.54) is 12.1 Å². The average molecular weight is 416 g/mol. The first kappa shape index (κ1) is 19.1. The van der Waals surface area contributed by atoms with Crippen molar-refractivity contribution in [2.75, 3.05) is 0 Å². The van der Waals surface area contributed by atoms with E-state index in [4.69, 9.17) is 4.42 Å². The van der Waals surface area contributed by atoms with Gasteiger partial charge >= 0.3 is 0 Å². The average Bonchev–Trinajstić information content (AvgIpc) is 3.45. The van der Waals surface area contributed by atoms with Crippen LogP contribution in [0.3, 0.4) is 0 Å². The van der Waals surface area contributed by atoms with Crippen molar-refractivity contribution in [2.24, 2.45) is 0 Å². The number of nitrogens with one attached hydrogen (secondary N) is 1. The molecule has 1 amide bonds. The third-order valence-corrected chi connectivity index (χ3v) is 5.44. The molecule has 3 aromatic heterocycles. The number of hydrogen-bond acceptors (Lipinski definition) is 3. The second-order valence-corrected chi connectivity index (χ2v) is 7.36. The van der Waals surface area contributed by atoms with Gasteiger partial charge in [0.1, 0.15) is 17.3 Å². The first-order valence-corrected chi connectivity index (χ1v) is 10.2. The zero-order chi connectivity index (χ0) is 21.4. The molecular weight excluding hydrogens is 395 g/mol. The Labute approximate surface area is 177 Å². The number of hydrogen-bond donors (Lipinski definition) is 1. The number of para-hydroxylation sites is 2. The normalized spacial score (nSPS) is 11.4. The van der Waals surface area contributed by atoms with Gasteiger partial charge in [-0.25, -0.2) is 9.37 Å². The largest absolute Gasteiger partial charge is 0.463 e. The number of carbonyl (C=O) groups excluding carboxylic acids is 1. The topological polar surface area (TPSA) is 65.0 Å². The fraction of sp³-hybridized carbons (Fsp3) is 0.167. The van der Waals surface area contributed by atoms with Gasteiger partial charge in [0.2, 0.25) is 0 Å². The lowest BCUT2D eigenvalue weighted by Crippen LogP contribution is -2.27. The van der Waals surface area contributed by atoms with Crippen molar-refractivity contribution in [2.45, 2.75) is 26.6 Å². The van der Waals surface area contributed by atoms with Crippen molar-refractivity contribution >= 4 is 28.0 Å². The number of carbonyl (C=O) groups is 1. The van der Waals surface area contributed by atoms with Crippen molar-refractivity contribution in [1.82, 2.24) is 19.4 Å². The molecule has 0 spiro atoms. The van der Waals surface area contributed by atoms with Gasteiger partial charge in [0.05, 0.1) is 29.4 Å². The number of aromatic nitrogens is 3. The van der Waals surface area contributed by atoms with Gasteiger partial charge < -0.3 is 18.9 Å². The first-order valence-electron chi connectivity index (χ1n) is 10.2. The molecule has 5 rings (SSSR count). The molecule has 0 fully saturated rings. The highest BCUT2D eigenvalue weighted by atomic mass is 19.1. The highest BCUT2D eigenvalue weighted by molar-refractivity contribution is 5.97. The van der Waals surface area contributed by atoms with Gasteiger partial charge in [0, 0.05) is 25.2 Å². The minimum Gasteiger partial charge on any atom is -0.463 e. The van der Waals surface area contributed by atoms with Crippen LogP contribution in [-0.4, -0.2) is 20.0 Å². The van der Waals surface area contributed by atoms with Gasteiger partial charge in [-0.15, -0.1) is 0 Å². The predicted octanol–water partition coefficient (Wildman–Crippen LogP) is 4.72. The molecule has 0 saturated heterocycles. The molecule has 5 aromatic rings. The Bertz CT molecular complexity index is 1400. The number of aryl methyl sites for hydroxylation is 1. The maximum absolute atomic E-state index is 13.7. The maximum Gasteiger partial charge on any atom is 0.268 e. The molecule has 0 aliphatic rings. The van der Waals surface area contributed by atoms with E-state index in [9.17, 15) is 9.18 Å². The molecule has 0 atom stereocenters. The number of nitrogens with zero attached hydrogens (tertiary/aromatic N) is 3. The van der Waals surface area contributed by atoms with Crippen LogP contribution >= 0.6 is 0 Å². The van der Waals surface area contributed by atoms with Crippen molar-refractivity contribution in [3.05, 3.63) is 89.8 Å². The fourth-order valence-electron chi connectivity index (χ4n) is 4.02. The van der Waals surface area contributed by atoms with Crippen molar-refractivity contribution < 1.29 is 13.6 Å². The molecule has 31 heavy (non-hydrogen) atoms. The maximum atomic E-state index is 13.7. The lowest BCUT2D eigenvalue weighted by Gasteiger charge is -2.11. The van der Waals surface area contributed by atoms with Crippen LogP contribution in [0, 0.1) is 5.82 Å². The SMILES string of the molecule is CCn1c(CNC(=O)c2cc3occc3n2Cc2cccc(F)c2)nc2ccccc21. The van der Waals surface area contributed by atoms with Gasteiger partial charge in [-0.2, -0.15) is 0 Å². The van der Waals surface area contributed by atoms with E-state index in [0.29, 0.717) is 24.4 Å². The molecule has 6 nitrogen and oxygen atoms in total. The minimum absolute atomic E-state index is 0.238. The van der Waals surface area contributed by atoms with Crippen LogP contribution < -0.4 is 5.32 Å². The van der Waals surface area contributed by atoms with Gasteiger partial charge in [-0.05, 0) is 36.8 Å². The number of halogens is 1. The molecule has 156 valence electrons. The minimum atomic E-state index is -0.308. The van der Waals surface area contributed by atoms with Gasteiger partial charge in [-0.1, -0.05) is 24.3 Å². The second kappa shape index (κ2) is 7.75. The monoisotopic (exact) mass is 416 g/mol. The Morgan fingerprint density at radius 3 is 2.77 bits per heavy atom. The summed E-state index contributed by atoms with van der Waals surface area (Å²) < 4.78 is 23.1. The summed E-state index contributed by atoms with van der Waals surface area (Å²) in [6, 6.07) is 17.8. The summed E-state index contributed by atoms with van der Waals surface area (Å²) in [6.45, 7) is 3.47. The van der Waals surface area contributed by atoms with E-state index in [-0.39, 0.29) is 11.7 Å². The summed E-state index contributed by atoms with van der Waals surface area (Å²) in [4.78, 5) is 17.8.